The highest BCUT2D eigenvalue weighted by Gasteiger charge is 2.42. The van der Waals surface area contributed by atoms with E-state index < -0.39 is 0 Å². The van der Waals surface area contributed by atoms with Crippen LogP contribution < -0.4 is 0 Å². The van der Waals surface area contributed by atoms with Crippen molar-refractivity contribution >= 4 is 43.6 Å². The zero-order valence-corrected chi connectivity index (χ0v) is 29.5. The molecule has 7 aromatic carbocycles. The molecule has 0 fully saturated rings. The van der Waals surface area contributed by atoms with E-state index in [1.54, 1.807) is 0 Å². The van der Waals surface area contributed by atoms with E-state index in [4.69, 9.17) is 9.97 Å². The first kappa shape index (κ1) is 29.9. The van der Waals surface area contributed by atoms with Gasteiger partial charge in [0.25, 0.3) is 0 Å². The molecule has 10 aromatic rings. The van der Waals surface area contributed by atoms with E-state index >= 15 is 0 Å². The number of para-hydroxylation sites is 3. The van der Waals surface area contributed by atoms with Gasteiger partial charge in [0.15, 0.2) is 0 Å². The maximum Gasteiger partial charge on any atom is 0.235 e. The van der Waals surface area contributed by atoms with Gasteiger partial charge in [-0.2, -0.15) is 0 Å². The van der Waals surface area contributed by atoms with Crippen molar-refractivity contribution < 1.29 is 0 Å². The van der Waals surface area contributed by atoms with E-state index in [2.05, 4.69) is 193 Å². The lowest BCUT2D eigenvalue weighted by Crippen LogP contribution is -2.17. The summed E-state index contributed by atoms with van der Waals surface area (Å²) in [6.45, 7) is 4.77. The van der Waals surface area contributed by atoms with Gasteiger partial charge in [0, 0.05) is 49.3 Å². The van der Waals surface area contributed by atoms with Gasteiger partial charge in [0.1, 0.15) is 0 Å². The van der Waals surface area contributed by atoms with Crippen LogP contribution in [0.3, 0.4) is 0 Å². The van der Waals surface area contributed by atoms with Crippen LogP contribution in [0.2, 0.25) is 0 Å². The number of hydrogen-bond acceptors (Lipinski definition) is 2. The highest BCUT2D eigenvalue weighted by atomic mass is 15.2. The quantitative estimate of drug-likeness (QED) is 0.186. The van der Waals surface area contributed by atoms with Crippen LogP contribution in [0.4, 0.5) is 0 Å². The van der Waals surface area contributed by atoms with Gasteiger partial charge < -0.3 is 4.57 Å². The first-order valence-corrected chi connectivity index (χ1v) is 18.3. The van der Waals surface area contributed by atoms with E-state index in [9.17, 15) is 0 Å². The van der Waals surface area contributed by atoms with Gasteiger partial charge in [-0.3, -0.25) is 4.57 Å². The zero-order valence-electron chi connectivity index (χ0n) is 29.5. The van der Waals surface area contributed by atoms with Crippen LogP contribution in [0.5, 0.6) is 0 Å². The molecule has 0 bridgehead atoms. The Morgan fingerprint density at radius 2 is 0.962 bits per heavy atom. The Morgan fingerprint density at radius 1 is 0.472 bits per heavy atom. The van der Waals surface area contributed by atoms with Crippen molar-refractivity contribution in [1.29, 1.82) is 0 Å². The van der Waals surface area contributed by atoms with Crippen LogP contribution >= 0.6 is 0 Å². The number of rotatable bonds is 4. The maximum absolute atomic E-state index is 5.44. The van der Waals surface area contributed by atoms with E-state index in [1.807, 2.05) is 0 Å². The van der Waals surface area contributed by atoms with Gasteiger partial charge in [0.05, 0.1) is 33.5 Å². The number of hydrogen-bond donors (Lipinski definition) is 0. The number of fused-ring (bicyclic) bond motifs is 12. The van der Waals surface area contributed by atoms with Gasteiger partial charge in [-0.25, -0.2) is 9.97 Å². The number of benzene rings is 7. The molecule has 4 nitrogen and oxygen atoms in total. The molecular weight excluding hydrogens is 645 g/mol. The van der Waals surface area contributed by atoms with Gasteiger partial charge in [-0.1, -0.05) is 153 Å². The highest BCUT2D eigenvalue weighted by molar-refractivity contribution is 6.33. The van der Waals surface area contributed by atoms with Crippen LogP contribution in [-0.2, 0) is 5.41 Å². The summed E-state index contributed by atoms with van der Waals surface area (Å²) >= 11 is 0. The molecule has 1 aliphatic carbocycles. The Bertz CT molecular complexity index is 3000. The molecule has 0 amide bonds. The lowest BCUT2D eigenvalue weighted by atomic mass is 9.81. The molecule has 3 heterocycles. The first-order chi connectivity index (χ1) is 26.1. The molecule has 11 rings (SSSR count). The summed E-state index contributed by atoms with van der Waals surface area (Å²) in [5, 5.41) is 4.90. The Labute approximate surface area is 307 Å². The first-order valence-electron chi connectivity index (χ1n) is 18.3. The van der Waals surface area contributed by atoms with Gasteiger partial charge in [-0.05, 0) is 47.0 Å². The average Bonchev–Trinajstić information content (AvgIpc) is 3.82. The third kappa shape index (κ3) is 4.18. The molecule has 250 valence electrons. The number of aromatic nitrogens is 4. The Morgan fingerprint density at radius 3 is 1.58 bits per heavy atom. The summed E-state index contributed by atoms with van der Waals surface area (Å²) < 4.78 is 4.86. The standard InChI is InChI=1S/C49H34N4/c1-49(2)37-27-15-12-24-34(37)44-45(49)47-43(42-35-25-13-16-28-40(35)52(46(42)44)33-22-10-5-11-23-33)36-26-14-17-29-41(36)53(47)48-50-38(31-18-6-3-7-19-31)30-39(51-48)32-20-8-4-9-21-32/h3-30H,1-2H3. The average molecular weight is 679 g/mol. The third-order valence-corrected chi connectivity index (χ3v) is 11.3. The normalized spacial score (nSPS) is 13.2. The van der Waals surface area contributed by atoms with Crippen LogP contribution in [0.1, 0.15) is 25.0 Å². The predicted octanol–water partition coefficient (Wildman–Crippen LogP) is 12.3. The van der Waals surface area contributed by atoms with Crippen LogP contribution in [-0.4, -0.2) is 19.1 Å². The second kappa shape index (κ2) is 11.1. The summed E-state index contributed by atoms with van der Waals surface area (Å²) in [6, 6.07) is 60.6. The minimum atomic E-state index is -0.318. The molecule has 1 aliphatic rings. The monoisotopic (exact) mass is 678 g/mol. The van der Waals surface area contributed by atoms with Crippen molar-refractivity contribution in [3.63, 3.8) is 0 Å². The molecule has 0 radical (unpaired) electrons. The van der Waals surface area contributed by atoms with Gasteiger partial charge in [-0.15, -0.1) is 0 Å². The van der Waals surface area contributed by atoms with E-state index in [0.29, 0.717) is 5.95 Å². The van der Waals surface area contributed by atoms with Crippen molar-refractivity contribution in [3.05, 3.63) is 181 Å². The highest BCUT2D eigenvalue weighted by Crippen LogP contribution is 2.58. The molecular formula is C49H34N4. The van der Waals surface area contributed by atoms with E-state index in [0.717, 1.165) is 39.2 Å². The Balaban J connectivity index is 1.40. The van der Waals surface area contributed by atoms with E-state index in [1.165, 1.54) is 54.8 Å². The Kier molecular flexibility index (Phi) is 6.27. The lowest BCUT2D eigenvalue weighted by molar-refractivity contribution is 0.663. The number of nitrogens with zero attached hydrogens (tertiary/aromatic N) is 4. The largest absolute Gasteiger partial charge is 0.309 e. The maximum atomic E-state index is 5.44. The topological polar surface area (TPSA) is 35.6 Å². The predicted molar refractivity (Wildman–Crippen MR) is 219 cm³/mol. The van der Waals surface area contributed by atoms with Crippen LogP contribution in [0.15, 0.2) is 170 Å². The van der Waals surface area contributed by atoms with Crippen LogP contribution in [0, 0.1) is 0 Å². The molecule has 0 atom stereocenters. The van der Waals surface area contributed by atoms with Gasteiger partial charge >= 0.3 is 0 Å². The summed E-state index contributed by atoms with van der Waals surface area (Å²) in [5.41, 5.74) is 14.6. The SMILES string of the molecule is CC1(C)c2ccccc2-c2c1c1c(c3ccccc3n1-c1nc(-c3ccccc3)cc(-c3ccccc3)n1)c1c3ccccc3n(-c3ccccc3)c21. The molecule has 0 aliphatic heterocycles. The minimum absolute atomic E-state index is 0.318. The zero-order chi connectivity index (χ0) is 35.3. The molecule has 0 unspecified atom stereocenters. The minimum Gasteiger partial charge on any atom is -0.309 e. The van der Waals surface area contributed by atoms with Crippen molar-refractivity contribution in [2.75, 3.05) is 0 Å². The van der Waals surface area contributed by atoms with Crippen molar-refractivity contribution in [3.8, 4) is 45.3 Å². The molecule has 0 N–H and O–H groups in total. The van der Waals surface area contributed by atoms with Crippen LogP contribution in [0.25, 0.3) is 88.9 Å². The fourth-order valence-electron chi connectivity index (χ4n) is 9.05. The fraction of sp³-hybridized carbons (Fsp3) is 0.0612. The molecule has 0 spiro atoms. The van der Waals surface area contributed by atoms with Crippen molar-refractivity contribution in [2.45, 2.75) is 19.3 Å². The summed E-state index contributed by atoms with van der Waals surface area (Å²) in [7, 11) is 0. The fourth-order valence-corrected chi connectivity index (χ4v) is 9.05. The second-order valence-electron chi connectivity index (χ2n) is 14.6. The summed E-state index contributed by atoms with van der Waals surface area (Å²) in [5.74, 6) is 0.663. The van der Waals surface area contributed by atoms with Crippen molar-refractivity contribution in [1.82, 2.24) is 19.1 Å². The summed E-state index contributed by atoms with van der Waals surface area (Å²) in [4.78, 5) is 10.9. The molecule has 4 heteroatoms. The smallest absolute Gasteiger partial charge is 0.235 e. The lowest BCUT2D eigenvalue weighted by Gasteiger charge is -2.24. The molecule has 53 heavy (non-hydrogen) atoms. The van der Waals surface area contributed by atoms with Crippen molar-refractivity contribution in [2.24, 2.45) is 0 Å². The third-order valence-electron chi connectivity index (χ3n) is 11.3. The molecule has 3 aromatic heterocycles. The second-order valence-corrected chi connectivity index (χ2v) is 14.6. The Hall–Kier alpha value is -6.78. The summed E-state index contributed by atoms with van der Waals surface area (Å²) in [6.07, 6.45) is 0. The molecule has 0 saturated heterocycles. The molecule has 0 saturated carbocycles. The van der Waals surface area contributed by atoms with Gasteiger partial charge in [0.2, 0.25) is 5.95 Å². The van der Waals surface area contributed by atoms with E-state index in [-0.39, 0.29) is 5.41 Å².